The number of carboxylic acid groups (broad SMARTS) is 1. The number of carboxylic acids is 1. The van der Waals surface area contributed by atoms with Crippen LogP contribution in [0.5, 0.6) is 0 Å². The maximum absolute atomic E-state index is 11.7. The summed E-state index contributed by atoms with van der Waals surface area (Å²) in [5.74, 6) is 0.184. The van der Waals surface area contributed by atoms with E-state index >= 15 is 0 Å². The topological polar surface area (TPSA) is 122 Å². The minimum atomic E-state index is -1.19. The van der Waals surface area contributed by atoms with Gasteiger partial charge in [0.05, 0.1) is 28.8 Å². The lowest BCUT2D eigenvalue weighted by Crippen LogP contribution is -2.31. The maximum Gasteiger partial charge on any atom is 0.341 e. The second-order valence-electron chi connectivity index (χ2n) is 6.57. The molecule has 0 saturated heterocycles. The Bertz CT molecular complexity index is 1110. The average Bonchev–Trinajstić information content (AvgIpc) is 3.00. The molecule has 1 aliphatic heterocycles. The third-order valence-electron chi connectivity index (χ3n) is 4.79. The number of aromatic nitrogens is 4. The first kappa shape index (κ1) is 18.1. The smallest absolute Gasteiger partial charge is 0.341 e. The lowest BCUT2D eigenvalue weighted by molar-refractivity contribution is 0.0699. The molecule has 3 heterocycles. The third-order valence-corrected chi connectivity index (χ3v) is 4.98. The largest absolute Gasteiger partial charge is 0.477 e. The summed E-state index contributed by atoms with van der Waals surface area (Å²) >= 11 is 6.00. The Labute approximate surface area is 165 Å². The van der Waals surface area contributed by atoms with Crippen LogP contribution in [0.2, 0.25) is 5.15 Å². The molecule has 3 aromatic rings. The molecule has 0 aliphatic carbocycles. The monoisotopic (exact) mass is 399 g/mol. The molecule has 0 spiro atoms. The highest BCUT2D eigenvalue weighted by Crippen LogP contribution is 2.42. The molecule has 0 fully saturated rings. The van der Waals surface area contributed by atoms with Crippen molar-refractivity contribution in [2.75, 3.05) is 23.0 Å². The lowest BCUT2D eigenvalue weighted by Gasteiger charge is -2.34. The van der Waals surface area contributed by atoms with Crippen molar-refractivity contribution in [3.05, 3.63) is 46.6 Å². The minimum Gasteiger partial charge on any atom is -0.477 e. The number of nitrogens with one attached hydrogen (secondary N) is 1. The predicted octanol–water partition coefficient (Wildman–Crippen LogP) is 3.16. The zero-order valence-corrected chi connectivity index (χ0v) is 16.2. The number of nitrogen functional groups attached to an aromatic ring is 1. The average molecular weight is 400 g/mol. The zero-order chi connectivity index (χ0) is 20.2. The van der Waals surface area contributed by atoms with Gasteiger partial charge in [0.1, 0.15) is 22.4 Å². The summed E-state index contributed by atoms with van der Waals surface area (Å²) in [5, 5.41) is 17.3. The molecule has 0 amide bonds. The van der Waals surface area contributed by atoms with Gasteiger partial charge in [0.25, 0.3) is 0 Å². The number of para-hydroxylation sites is 1. The van der Waals surface area contributed by atoms with E-state index in [0.29, 0.717) is 11.5 Å². The van der Waals surface area contributed by atoms with Gasteiger partial charge < -0.3 is 21.1 Å². The van der Waals surface area contributed by atoms with E-state index in [1.54, 1.807) is 0 Å². The Morgan fingerprint density at radius 3 is 2.79 bits per heavy atom. The number of fused-ring (bicyclic) bond motifs is 3. The van der Waals surface area contributed by atoms with Gasteiger partial charge in [-0.1, -0.05) is 17.7 Å². The molecule has 0 radical (unpaired) electrons. The van der Waals surface area contributed by atoms with Gasteiger partial charge in [0.15, 0.2) is 5.82 Å². The van der Waals surface area contributed by atoms with E-state index in [2.05, 4.69) is 25.3 Å². The van der Waals surface area contributed by atoms with E-state index in [-0.39, 0.29) is 28.3 Å². The standard InChI is InChI=1S/C18H18ClN7O2/c1-8-17-21-9(2)24-26(17)12-6-4-5-10(15(12)25(8)3)22-11-7-13(19)23-16(20)14(11)18(27)28/h4-8H,1-3H3,(H,27,28)(H3,20,22,23)/t8-/m0/s1. The number of carbonyl (C=O) groups is 1. The minimum absolute atomic E-state index is 0.0262. The first-order chi connectivity index (χ1) is 13.3. The van der Waals surface area contributed by atoms with Crippen LogP contribution in [0.15, 0.2) is 24.3 Å². The molecule has 10 heteroatoms. The van der Waals surface area contributed by atoms with Crippen molar-refractivity contribution < 1.29 is 9.90 Å². The summed E-state index contributed by atoms with van der Waals surface area (Å²) < 4.78 is 1.81. The molecule has 4 rings (SSSR count). The summed E-state index contributed by atoms with van der Waals surface area (Å²) in [7, 11) is 1.95. The van der Waals surface area contributed by atoms with Crippen molar-refractivity contribution in [2.45, 2.75) is 19.9 Å². The third kappa shape index (κ3) is 2.71. The van der Waals surface area contributed by atoms with Gasteiger partial charge in [-0.2, -0.15) is 5.10 Å². The molecule has 9 nitrogen and oxygen atoms in total. The van der Waals surface area contributed by atoms with Crippen molar-refractivity contribution in [2.24, 2.45) is 0 Å². The highest BCUT2D eigenvalue weighted by atomic mass is 35.5. The molecule has 1 atom stereocenters. The number of hydrogen-bond donors (Lipinski definition) is 3. The van der Waals surface area contributed by atoms with E-state index in [9.17, 15) is 9.90 Å². The van der Waals surface area contributed by atoms with E-state index < -0.39 is 5.97 Å². The molecule has 1 aliphatic rings. The Kier molecular flexibility index (Phi) is 4.11. The molecular formula is C18H18ClN7O2. The highest BCUT2D eigenvalue weighted by Gasteiger charge is 2.31. The number of aryl methyl sites for hydroxylation is 1. The summed E-state index contributed by atoms with van der Waals surface area (Å²) in [6.07, 6.45) is 0. The van der Waals surface area contributed by atoms with Crippen molar-refractivity contribution in [3.63, 3.8) is 0 Å². The summed E-state index contributed by atoms with van der Waals surface area (Å²) in [6.45, 7) is 3.88. The molecule has 28 heavy (non-hydrogen) atoms. The Morgan fingerprint density at radius 2 is 2.07 bits per heavy atom. The van der Waals surface area contributed by atoms with Gasteiger partial charge in [0.2, 0.25) is 0 Å². The van der Waals surface area contributed by atoms with Crippen LogP contribution < -0.4 is 16.0 Å². The first-order valence-corrected chi connectivity index (χ1v) is 8.92. The number of hydrogen-bond acceptors (Lipinski definition) is 7. The van der Waals surface area contributed by atoms with Crippen molar-refractivity contribution in [1.29, 1.82) is 0 Å². The van der Waals surface area contributed by atoms with Crippen LogP contribution in [0.4, 0.5) is 22.9 Å². The summed E-state index contributed by atoms with van der Waals surface area (Å²) in [4.78, 5) is 22.1. The number of halogens is 1. The van der Waals surface area contributed by atoms with Gasteiger partial charge in [-0.3, -0.25) is 0 Å². The summed E-state index contributed by atoms with van der Waals surface area (Å²) in [5.41, 5.74) is 8.30. The number of anilines is 4. The fourth-order valence-corrected chi connectivity index (χ4v) is 3.62. The number of benzene rings is 1. The van der Waals surface area contributed by atoms with E-state index in [4.69, 9.17) is 17.3 Å². The van der Waals surface area contributed by atoms with Gasteiger partial charge in [-0.25, -0.2) is 19.4 Å². The van der Waals surface area contributed by atoms with Gasteiger partial charge in [0, 0.05) is 13.1 Å². The number of nitrogens with two attached hydrogens (primary N) is 1. The van der Waals surface area contributed by atoms with Crippen LogP contribution in [0.25, 0.3) is 5.69 Å². The van der Waals surface area contributed by atoms with Crippen LogP contribution in [-0.2, 0) is 0 Å². The molecule has 4 N–H and O–H groups in total. The van der Waals surface area contributed by atoms with Crippen LogP contribution >= 0.6 is 11.6 Å². The number of aromatic carboxylic acids is 1. The number of pyridine rings is 1. The van der Waals surface area contributed by atoms with Crippen LogP contribution in [0.1, 0.15) is 35.0 Å². The molecule has 2 aromatic heterocycles. The Hall–Kier alpha value is -3.33. The van der Waals surface area contributed by atoms with Crippen molar-refractivity contribution in [3.8, 4) is 5.69 Å². The van der Waals surface area contributed by atoms with E-state index in [0.717, 1.165) is 17.2 Å². The second-order valence-corrected chi connectivity index (χ2v) is 6.96. The molecule has 144 valence electrons. The molecular weight excluding hydrogens is 382 g/mol. The fourth-order valence-electron chi connectivity index (χ4n) is 3.42. The van der Waals surface area contributed by atoms with Gasteiger partial charge in [-0.05, 0) is 26.0 Å². The summed E-state index contributed by atoms with van der Waals surface area (Å²) in [6, 6.07) is 7.07. The predicted molar refractivity (Wildman–Crippen MR) is 107 cm³/mol. The van der Waals surface area contributed by atoms with Crippen molar-refractivity contribution in [1.82, 2.24) is 19.7 Å². The van der Waals surface area contributed by atoms with E-state index in [1.165, 1.54) is 6.07 Å². The molecule has 0 saturated carbocycles. The maximum atomic E-state index is 11.7. The molecule has 0 unspecified atom stereocenters. The number of nitrogens with zero attached hydrogens (tertiary/aromatic N) is 5. The quantitative estimate of drug-likeness (QED) is 0.574. The SMILES string of the molecule is Cc1nc2n(n1)-c1cccc(Nc3cc(Cl)nc(N)c3C(=O)O)c1N(C)[C@H]2C. The Morgan fingerprint density at radius 1 is 1.32 bits per heavy atom. The van der Waals surface area contributed by atoms with Crippen molar-refractivity contribution >= 4 is 40.5 Å². The normalized spacial score (nSPS) is 15.1. The highest BCUT2D eigenvalue weighted by molar-refractivity contribution is 6.30. The van der Waals surface area contributed by atoms with Crippen LogP contribution in [0.3, 0.4) is 0 Å². The molecule has 1 aromatic carbocycles. The van der Waals surface area contributed by atoms with Gasteiger partial charge >= 0.3 is 5.97 Å². The van der Waals surface area contributed by atoms with Crippen LogP contribution in [0, 0.1) is 6.92 Å². The van der Waals surface area contributed by atoms with Crippen LogP contribution in [-0.4, -0.2) is 37.9 Å². The first-order valence-electron chi connectivity index (χ1n) is 8.54. The Balaban J connectivity index is 1.89. The second kappa shape index (κ2) is 6.38. The zero-order valence-electron chi connectivity index (χ0n) is 15.4. The van der Waals surface area contributed by atoms with E-state index in [1.807, 2.05) is 43.8 Å². The fraction of sp³-hybridized carbons (Fsp3) is 0.222. The molecule has 0 bridgehead atoms. The van der Waals surface area contributed by atoms with Gasteiger partial charge in [-0.15, -0.1) is 0 Å². The number of rotatable bonds is 3. The lowest BCUT2D eigenvalue weighted by atomic mass is 10.1.